The third kappa shape index (κ3) is 3.65. The molecule has 0 fully saturated rings. The van der Waals surface area contributed by atoms with E-state index in [-0.39, 0.29) is 11.4 Å². The summed E-state index contributed by atoms with van der Waals surface area (Å²) in [5, 5.41) is 21.1. The zero-order valence-corrected chi connectivity index (χ0v) is 13.7. The Morgan fingerprint density at radius 3 is 2.33 bits per heavy atom. The van der Waals surface area contributed by atoms with Gasteiger partial charge in [-0.3, -0.25) is 10.1 Å². The number of nitrogens with zero attached hydrogens (tertiary/aromatic N) is 2. The summed E-state index contributed by atoms with van der Waals surface area (Å²) in [4.78, 5) is 10.6. The minimum absolute atomic E-state index is 0.0824. The molecule has 0 atom stereocenters. The number of ether oxygens (including phenoxy) is 2. The molecule has 122 valence electrons. The van der Waals surface area contributed by atoms with Crippen LogP contribution in [0.25, 0.3) is 11.6 Å². The highest BCUT2D eigenvalue weighted by Crippen LogP contribution is 2.36. The Morgan fingerprint density at radius 1 is 1.21 bits per heavy atom. The van der Waals surface area contributed by atoms with Crippen molar-refractivity contribution < 1.29 is 14.4 Å². The Balaban J connectivity index is 2.61. The van der Waals surface area contributed by atoms with E-state index in [9.17, 15) is 15.4 Å². The molecule has 0 amide bonds. The molecule has 0 saturated heterocycles. The van der Waals surface area contributed by atoms with Gasteiger partial charge in [0.15, 0.2) is 0 Å². The molecule has 0 unspecified atom stereocenters. The van der Waals surface area contributed by atoms with Gasteiger partial charge in [-0.2, -0.15) is 5.26 Å². The van der Waals surface area contributed by atoms with Crippen molar-refractivity contribution in [3.63, 3.8) is 0 Å². The van der Waals surface area contributed by atoms with Crippen molar-refractivity contribution in [2.75, 3.05) is 14.2 Å². The van der Waals surface area contributed by atoms with Gasteiger partial charge in [-0.15, -0.1) is 0 Å². The molecule has 24 heavy (non-hydrogen) atoms. The number of nitro groups is 1. The van der Waals surface area contributed by atoms with Gasteiger partial charge in [0.05, 0.1) is 30.8 Å². The lowest BCUT2D eigenvalue weighted by molar-refractivity contribution is -0.385. The first kappa shape index (κ1) is 17.3. The second kappa shape index (κ2) is 7.49. The van der Waals surface area contributed by atoms with Crippen LogP contribution in [-0.2, 0) is 0 Å². The highest BCUT2D eigenvalue weighted by Gasteiger charge is 2.19. The number of benzene rings is 2. The van der Waals surface area contributed by atoms with Crippen LogP contribution in [0.3, 0.4) is 0 Å². The molecule has 0 aliphatic carbocycles. The lowest BCUT2D eigenvalue weighted by Gasteiger charge is -2.09. The predicted octanol–water partition coefficient (Wildman–Crippen LogP) is 4.33. The van der Waals surface area contributed by atoms with Crippen molar-refractivity contribution in [3.8, 4) is 17.6 Å². The van der Waals surface area contributed by atoms with Crippen molar-refractivity contribution in [3.05, 3.63) is 62.7 Å². The highest BCUT2D eigenvalue weighted by molar-refractivity contribution is 6.30. The normalized spacial score (nSPS) is 10.8. The number of methoxy groups -OCH3 is 2. The van der Waals surface area contributed by atoms with Crippen LogP contribution >= 0.6 is 11.6 Å². The number of nitro benzene ring substituents is 1. The van der Waals surface area contributed by atoms with Gasteiger partial charge in [0, 0.05) is 22.7 Å². The molecule has 2 rings (SSSR count). The van der Waals surface area contributed by atoms with Crippen LogP contribution in [0.1, 0.15) is 11.1 Å². The van der Waals surface area contributed by atoms with Crippen LogP contribution in [0.5, 0.6) is 11.5 Å². The van der Waals surface area contributed by atoms with E-state index < -0.39 is 4.92 Å². The second-order valence-corrected chi connectivity index (χ2v) is 5.14. The van der Waals surface area contributed by atoms with Gasteiger partial charge >= 0.3 is 5.69 Å². The molecular formula is C17H13ClN2O4. The quantitative estimate of drug-likeness (QED) is 0.349. The van der Waals surface area contributed by atoms with E-state index in [0.29, 0.717) is 27.5 Å². The monoisotopic (exact) mass is 344 g/mol. The minimum Gasteiger partial charge on any atom is -0.496 e. The smallest absolute Gasteiger partial charge is 0.311 e. The molecule has 0 radical (unpaired) electrons. The molecule has 2 aromatic carbocycles. The van der Waals surface area contributed by atoms with Crippen molar-refractivity contribution >= 4 is 28.9 Å². The number of halogens is 1. The van der Waals surface area contributed by atoms with Gasteiger partial charge in [-0.1, -0.05) is 23.7 Å². The molecular weight excluding hydrogens is 332 g/mol. The fourth-order valence-electron chi connectivity index (χ4n) is 2.13. The Kier molecular flexibility index (Phi) is 5.40. The summed E-state index contributed by atoms with van der Waals surface area (Å²) in [5.41, 5.74) is 1.15. The number of nitriles is 1. The molecule has 7 heteroatoms. The molecule has 0 saturated carbocycles. The predicted molar refractivity (Wildman–Crippen MR) is 91.1 cm³/mol. The Labute approximate surface area is 143 Å². The summed E-state index contributed by atoms with van der Waals surface area (Å²) < 4.78 is 10.3. The maximum absolute atomic E-state index is 11.2. The van der Waals surface area contributed by atoms with E-state index in [0.717, 1.165) is 0 Å². The summed E-state index contributed by atoms with van der Waals surface area (Å²) >= 11 is 5.85. The van der Waals surface area contributed by atoms with Gasteiger partial charge in [-0.05, 0) is 23.8 Å². The summed E-state index contributed by atoms with van der Waals surface area (Å²) in [6.45, 7) is 0. The van der Waals surface area contributed by atoms with Crippen LogP contribution in [0.2, 0.25) is 5.02 Å². The zero-order valence-electron chi connectivity index (χ0n) is 12.9. The van der Waals surface area contributed by atoms with E-state index in [1.54, 1.807) is 24.3 Å². The zero-order chi connectivity index (χ0) is 17.7. The van der Waals surface area contributed by atoms with Crippen molar-refractivity contribution in [1.29, 1.82) is 5.26 Å². The number of rotatable bonds is 5. The number of hydrogen-bond acceptors (Lipinski definition) is 5. The average Bonchev–Trinajstić information content (AvgIpc) is 2.59. The molecule has 0 aliphatic rings. The largest absolute Gasteiger partial charge is 0.496 e. The Morgan fingerprint density at radius 2 is 1.83 bits per heavy atom. The van der Waals surface area contributed by atoms with E-state index in [1.807, 2.05) is 0 Å². The van der Waals surface area contributed by atoms with Crippen LogP contribution in [0, 0.1) is 21.4 Å². The van der Waals surface area contributed by atoms with Crippen LogP contribution < -0.4 is 9.47 Å². The first-order valence-corrected chi connectivity index (χ1v) is 7.16. The second-order valence-electron chi connectivity index (χ2n) is 4.70. The third-order valence-corrected chi connectivity index (χ3v) is 3.56. The van der Waals surface area contributed by atoms with E-state index in [4.69, 9.17) is 21.1 Å². The van der Waals surface area contributed by atoms with Crippen LogP contribution in [-0.4, -0.2) is 19.1 Å². The van der Waals surface area contributed by atoms with E-state index >= 15 is 0 Å². The first-order valence-electron chi connectivity index (χ1n) is 6.78. The molecule has 0 aliphatic heterocycles. The van der Waals surface area contributed by atoms with Crippen LogP contribution in [0.15, 0.2) is 36.4 Å². The average molecular weight is 345 g/mol. The molecule has 0 heterocycles. The van der Waals surface area contributed by atoms with Crippen molar-refractivity contribution in [1.82, 2.24) is 0 Å². The van der Waals surface area contributed by atoms with E-state index in [2.05, 4.69) is 6.07 Å². The molecule has 0 bridgehead atoms. The lowest BCUT2D eigenvalue weighted by atomic mass is 10.0. The van der Waals surface area contributed by atoms with Crippen molar-refractivity contribution in [2.45, 2.75) is 0 Å². The van der Waals surface area contributed by atoms with Crippen LogP contribution in [0.4, 0.5) is 5.69 Å². The molecule has 6 nitrogen and oxygen atoms in total. The van der Waals surface area contributed by atoms with Gasteiger partial charge in [0.25, 0.3) is 0 Å². The lowest BCUT2D eigenvalue weighted by Crippen LogP contribution is -1.97. The molecule has 0 aromatic heterocycles. The summed E-state index contributed by atoms with van der Waals surface area (Å²) in [7, 11) is 2.78. The summed E-state index contributed by atoms with van der Waals surface area (Å²) in [5.74, 6) is 0.443. The third-order valence-electron chi connectivity index (χ3n) is 3.30. The SMILES string of the molecule is COc1cc(OC)c([N+](=O)[O-])cc1/C=C(\C#N)c1ccc(Cl)cc1. The number of hydrogen-bond donors (Lipinski definition) is 0. The summed E-state index contributed by atoms with van der Waals surface area (Å²) in [6.07, 6.45) is 1.52. The molecule has 0 N–H and O–H groups in total. The highest BCUT2D eigenvalue weighted by atomic mass is 35.5. The molecule has 0 spiro atoms. The maximum atomic E-state index is 11.2. The standard InChI is InChI=1S/C17H13ClN2O4/c1-23-16-9-17(24-2)15(20(21)22)8-12(16)7-13(10-19)11-3-5-14(18)6-4-11/h3-9H,1-2H3/b13-7+. The fraction of sp³-hybridized carbons (Fsp3) is 0.118. The molecule has 2 aromatic rings. The maximum Gasteiger partial charge on any atom is 0.311 e. The van der Waals surface area contributed by atoms with Crippen molar-refractivity contribution in [2.24, 2.45) is 0 Å². The number of allylic oxidation sites excluding steroid dienone is 1. The Hall–Kier alpha value is -3.04. The fourth-order valence-corrected chi connectivity index (χ4v) is 2.25. The van der Waals surface area contributed by atoms with E-state index in [1.165, 1.54) is 32.4 Å². The van der Waals surface area contributed by atoms with Gasteiger partial charge in [-0.25, -0.2) is 0 Å². The first-order chi connectivity index (χ1) is 11.5. The summed E-state index contributed by atoms with van der Waals surface area (Å²) in [6, 6.07) is 11.5. The topological polar surface area (TPSA) is 85.4 Å². The van der Waals surface area contributed by atoms with Gasteiger partial charge in [0.2, 0.25) is 5.75 Å². The van der Waals surface area contributed by atoms with Gasteiger partial charge in [0.1, 0.15) is 5.75 Å². The minimum atomic E-state index is -0.552. The Bertz CT molecular complexity index is 839. The van der Waals surface area contributed by atoms with Gasteiger partial charge < -0.3 is 9.47 Å².